The van der Waals surface area contributed by atoms with Gasteiger partial charge in [0.05, 0.1) is 7.11 Å². The summed E-state index contributed by atoms with van der Waals surface area (Å²) in [6, 6.07) is 5.83. The zero-order chi connectivity index (χ0) is 11.8. The van der Waals surface area contributed by atoms with Crippen molar-refractivity contribution in [1.29, 1.82) is 0 Å². The van der Waals surface area contributed by atoms with Gasteiger partial charge in [0.1, 0.15) is 5.75 Å². The minimum Gasteiger partial charge on any atom is -0.497 e. The molecule has 1 aliphatic carbocycles. The predicted octanol–water partition coefficient (Wildman–Crippen LogP) is 3.24. The molecule has 0 radical (unpaired) electrons. The molecule has 0 heterocycles. The minimum absolute atomic E-state index is 0.114. The van der Waals surface area contributed by atoms with E-state index < -0.39 is 0 Å². The van der Waals surface area contributed by atoms with E-state index in [1.165, 1.54) is 0 Å². The Balaban J connectivity index is 2.42. The number of methoxy groups -OCH3 is 1. The van der Waals surface area contributed by atoms with Crippen molar-refractivity contribution in [2.45, 2.75) is 33.1 Å². The molecule has 0 amide bonds. The Morgan fingerprint density at radius 2 is 2.06 bits per heavy atom. The molecule has 1 aliphatic rings. The second-order valence-electron chi connectivity index (χ2n) is 5.29. The highest BCUT2D eigenvalue weighted by atomic mass is 16.5. The maximum atomic E-state index is 12.1. The average molecular weight is 218 g/mol. The van der Waals surface area contributed by atoms with E-state index >= 15 is 0 Å². The van der Waals surface area contributed by atoms with Crippen LogP contribution in [-0.2, 0) is 6.42 Å². The van der Waals surface area contributed by atoms with Crippen LogP contribution in [0.5, 0.6) is 5.75 Å². The van der Waals surface area contributed by atoms with Crippen molar-refractivity contribution in [3.8, 4) is 5.75 Å². The first-order chi connectivity index (χ1) is 7.52. The second-order valence-corrected chi connectivity index (χ2v) is 5.29. The summed E-state index contributed by atoms with van der Waals surface area (Å²) in [6.45, 7) is 4.32. The lowest BCUT2D eigenvalue weighted by molar-refractivity contribution is 0.0934. The van der Waals surface area contributed by atoms with Gasteiger partial charge < -0.3 is 4.74 Å². The SMILES string of the molecule is COc1ccc2c(c1)C(=O)CC(C)(C)CC2. The van der Waals surface area contributed by atoms with Crippen LogP contribution in [-0.4, -0.2) is 12.9 Å². The first-order valence-electron chi connectivity index (χ1n) is 5.72. The third kappa shape index (κ3) is 2.11. The predicted molar refractivity (Wildman–Crippen MR) is 64.0 cm³/mol. The zero-order valence-corrected chi connectivity index (χ0v) is 10.2. The molecule has 86 valence electrons. The highest BCUT2D eigenvalue weighted by Gasteiger charge is 2.28. The topological polar surface area (TPSA) is 26.3 Å². The summed E-state index contributed by atoms with van der Waals surface area (Å²) in [5, 5.41) is 0. The lowest BCUT2D eigenvalue weighted by Gasteiger charge is -2.20. The summed E-state index contributed by atoms with van der Waals surface area (Å²) < 4.78 is 5.17. The third-order valence-corrected chi connectivity index (χ3v) is 3.33. The van der Waals surface area contributed by atoms with Gasteiger partial charge in [0.15, 0.2) is 5.78 Å². The molecule has 0 aliphatic heterocycles. The van der Waals surface area contributed by atoms with Crippen molar-refractivity contribution in [2.75, 3.05) is 7.11 Å². The largest absolute Gasteiger partial charge is 0.497 e. The lowest BCUT2D eigenvalue weighted by Crippen LogP contribution is -2.14. The molecule has 0 spiro atoms. The van der Waals surface area contributed by atoms with Crippen LogP contribution in [0.3, 0.4) is 0 Å². The molecule has 0 bridgehead atoms. The standard InChI is InChI=1S/C14H18O2/c1-14(2)7-6-10-4-5-11(16-3)8-12(10)13(15)9-14/h4-5,8H,6-7,9H2,1-3H3. The molecule has 2 nitrogen and oxygen atoms in total. The van der Waals surface area contributed by atoms with Gasteiger partial charge in [-0.1, -0.05) is 19.9 Å². The van der Waals surface area contributed by atoms with Crippen LogP contribution in [0.2, 0.25) is 0 Å². The maximum absolute atomic E-state index is 12.1. The summed E-state index contributed by atoms with van der Waals surface area (Å²) in [5.74, 6) is 1.02. The number of hydrogen-bond acceptors (Lipinski definition) is 2. The van der Waals surface area contributed by atoms with Gasteiger partial charge in [-0.05, 0) is 36.0 Å². The molecule has 0 saturated carbocycles. The normalized spacial score (nSPS) is 18.8. The van der Waals surface area contributed by atoms with E-state index in [1.807, 2.05) is 18.2 Å². The average Bonchev–Trinajstić information content (AvgIpc) is 2.35. The van der Waals surface area contributed by atoms with Crippen LogP contribution >= 0.6 is 0 Å². The van der Waals surface area contributed by atoms with Crippen molar-refractivity contribution >= 4 is 5.78 Å². The molecule has 0 unspecified atom stereocenters. The van der Waals surface area contributed by atoms with E-state index in [4.69, 9.17) is 4.74 Å². The first-order valence-corrected chi connectivity index (χ1v) is 5.72. The number of carbonyl (C=O) groups is 1. The Morgan fingerprint density at radius 3 is 2.75 bits per heavy atom. The lowest BCUT2D eigenvalue weighted by atomic mass is 9.84. The molecule has 2 heteroatoms. The second kappa shape index (κ2) is 3.93. The number of ketones is 1. The quantitative estimate of drug-likeness (QED) is 0.676. The fraction of sp³-hybridized carbons (Fsp3) is 0.500. The summed E-state index contributed by atoms with van der Waals surface area (Å²) in [6.07, 6.45) is 2.68. The minimum atomic E-state index is 0.114. The van der Waals surface area contributed by atoms with Gasteiger partial charge in [0.2, 0.25) is 0 Å². The molecule has 16 heavy (non-hydrogen) atoms. The number of rotatable bonds is 1. The van der Waals surface area contributed by atoms with E-state index in [2.05, 4.69) is 13.8 Å². The number of Topliss-reactive ketones (excluding diaryl/α,β-unsaturated/α-hetero) is 1. The molecule has 0 aromatic heterocycles. The Labute approximate surface area is 96.6 Å². The van der Waals surface area contributed by atoms with E-state index in [0.29, 0.717) is 6.42 Å². The first kappa shape index (κ1) is 11.2. The van der Waals surface area contributed by atoms with Crippen molar-refractivity contribution in [3.05, 3.63) is 29.3 Å². The highest BCUT2D eigenvalue weighted by molar-refractivity contribution is 5.98. The maximum Gasteiger partial charge on any atom is 0.163 e. The van der Waals surface area contributed by atoms with Gasteiger partial charge in [-0.15, -0.1) is 0 Å². The third-order valence-electron chi connectivity index (χ3n) is 3.33. The fourth-order valence-electron chi connectivity index (χ4n) is 2.25. The molecule has 0 atom stereocenters. The Morgan fingerprint density at radius 1 is 1.31 bits per heavy atom. The molecule has 0 N–H and O–H groups in total. The van der Waals surface area contributed by atoms with Crippen molar-refractivity contribution in [1.82, 2.24) is 0 Å². The van der Waals surface area contributed by atoms with Crippen LogP contribution in [0, 0.1) is 5.41 Å². The van der Waals surface area contributed by atoms with Crippen LogP contribution in [0.25, 0.3) is 0 Å². The van der Waals surface area contributed by atoms with Crippen molar-refractivity contribution < 1.29 is 9.53 Å². The van der Waals surface area contributed by atoms with Crippen LogP contribution in [0.15, 0.2) is 18.2 Å². The number of carbonyl (C=O) groups excluding carboxylic acids is 1. The molecule has 0 saturated heterocycles. The van der Waals surface area contributed by atoms with E-state index in [9.17, 15) is 4.79 Å². The highest BCUT2D eigenvalue weighted by Crippen LogP contribution is 2.34. The number of benzene rings is 1. The number of fused-ring (bicyclic) bond motifs is 1. The number of aryl methyl sites for hydroxylation is 1. The van der Waals surface area contributed by atoms with Crippen molar-refractivity contribution in [3.63, 3.8) is 0 Å². The Hall–Kier alpha value is -1.31. The molecular weight excluding hydrogens is 200 g/mol. The van der Waals surface area contributed by atoms with Crippen LogP contribution < -0.4 is 4.74 Å². The van der Waals surface area contributed by atoms with E-state index in [-0.39, 0.29) is 11.2 Å². The molecule has 1 aromatic carbocycles. The molecular formula is C14H18O2. The van der Waals surface area contributed by atoms with Gasteiger partial charge in [0, 0.05) is 12.0 Å². The number of ether oxygens (including phenoxy) is 1. The van der Waals surface area contributed by atoms with Crippen LogP contribution in [0.1, 0.15) is 42.6 Å². The smallest absolute Gasteiger partial charge is 0.163 e. The van der Waals surface area contributed by atoms with E-state index in [1.54, 1.807) is 7.11 Å². The van der Waals surface area contributed by atoms with E-state index in [0.717, 1.165) is 29.7 Å². The van der Waals surface area contributed by atoms with Gasteiger partial charge in [-0.3, -0.25) is 4.79 Å². The van der Waals surface area contributed by atoms with Gasteiger partial charge in [-0.25, -0.2) is 0 Å². The molecule has 2 rings (SSSR count). The Kier molecular flexibility index (Phi) is 2.75. The number of hydrogen-bond donors (Lipinski definition) is 0. The van der Waals surface area contributed by atoms with Crippen molar-refractivity contribution in [2.24, 2.45) is 5.41 Å². The monoisotopic (exact) mass is 218 g/mol. The van der Waals surface area contributed by atoms with Gasteiger partial charge >= 0.3 is 0 Å². The fourth-order valence-corrected chi connectivity index (χ4v) is 2.25. The van der Waals surface area contributed by atoms with Gasteiger partial charge in [-0.2, -0.15) is 0 Å². The summed E-state index contributed by atoms with van der Waals surface area (Å²) >= 11 is 0. The van der Waals surface area contributed by atoms with Gasteiger partial charge in [0.25, 0.3) is 0 Å². The molecule has 1 aromatic rings. The zero-order valence-electron chi connectivity index (χ0n) is 10.2. The van der Waals surface area contributed by atoms with Crippen LogP contribution in [0.4, 0.5) is 0 Å². The summed E-state index contributed by atoms with van der Waals surface area (Å²) in [7, 11) is 1.63. The summed E-state index contributed by atoms with van der Waals surface area (Å²) in [4.78, 5) is 12.1. The Bertz CT molecular complexity index is 419. The summed E-state index contributed by atoms with van der Waals surface area (Å²) in [5.41, 5.74) is 2.13. The molecule has 0 fully saturated rings.